The molecule has 0 atom stereocenters. The van der Waals surface area contributed by atoms with Crippen LogP contribution in [-0.4, -0.2) is 25.7 Å². The fraction of sp³-hybridized carbons (Fsp3) is 0.259. The summed E-state index contributed by atoms with van der Waals surface area (Å²) < 4.78 is 0. The van der Waals surface area contributed by atoms with E-state index in [1.54, 1.807) is 0 Å². The number of aryl methyl sites for hydroxylation is 1. The fourth-order valence-corrected chi connectivity index (χ4v) is 3.09. The highest BCUT2D eigenvalue weighted by Gasteiger charge is 2.01. The normalized spacial score (nSPS) is 11.1. The summed E-state index contributed by atoms with van der Waals surface area (Å²) in [6.07, 6.45) is 7.14. The summed E-state index contributed by atoms with van der Waals surface area (Å²) in [7, 11) is 0. The molecule has 3 aromatic rings. The number of carbonyl (C=O) groups excluding carboxylic acids is 1. The monoisotopic (exact) mass is 400 g/mol. The summed E-state index contributed by atoms with van der Waals surface area (Å²) in [4.78, 5) is 14.1. The summed E-state index contributed by atoms with van der Waals surface area (Å²) in [6.45, 7) is 3.87. The van der Waals surface area contributed by atoms with Gasteiger partial charge in [0, 0.05) is 19.3 Å². The molecule has 0 saturated carbocycles. The number of carbonyl (C=O) groups is 1. The maximum Gasteiger partial charge on any atom is 0.207 e. The molecule has 0 aliphatic carbocycles. The van der Waals surface area contributed by atoms with Crippen LogP contribution in [0.4, 0.5) is 0 Å². The van der Waals surface area contributed by atoms with Gasteiger partial charge in [-0.25, -0.2) is 0 Å². The molecular weight excluding hydrogens is 368 g/mol. The van der Waals surface area contributed by atoms with Crippen LogP contribution >= 0.6 is 0 Å². The van der Waals surface area contributed by atoms with Gasteiger partial charge in [0.25, 0.3) is 0 Å². The summed E-state index contributed by atoms with van der Waals surface area (Å²) >= 11 is 0. The standard InChI is InChI=1S/C9H11NO.C9H9N.C9H12/c11-8-10-7-6-9-4-2-1-3-5-9;1-2-4-9-7-10-6-5-8(9)3-1;1-2-6-9-7-4-3-5-8-9/h1-5,8H,6-7H2,(H,10,11);1-4,7H,5-6H2;3-5,7-8H,2,6H2,1H3. The zero-order valence-corrected chi connectivity index (χ0v) is 17.8. The Bertz CT molecular complexity index is 860. The Hall–Kier alpha value is -3.20. The van der Waals surface area contributed by atoms with E-state index in [0.29, 0.717) is 6.54 Å². The number of nitrogens with zero attached hydrogens (tertiary/aromatic N) is 1. The van der Waals surface area contributed by atoms with Crippen molar-refractivity contribution in [3.63, 3.8) is 0 Å². The largest absolute Gasteiger partial charge is 0.358 e. The van der Waals surface area contributed by atoms with Crippen molar-refractivity contribution in [2.45, 2.75) is 32.6 Å². The summed E-state index contributed by atoms with van der Waals surface area (Å²) in [5.74, 6) is 0. The Morgan fingerprint density at radius 2 is 1.43 bits per heavy atom. The molecule has 0 aromatic heterocycles. The molecule has 1 N–H and O–H groups in total. The highest BCUT2D eigenvalue weighted by Crippen LogP contribution is 2.10. The van der Waals surface area contributed by atoms with Gasteiger partial charge < -0.3 is 5.32 Å². The van der Waals surface area contributed by atoms with E-state index in [9.17, 15) is 4.79 Å². The Kier molecular flexibility index (Phi) is 11.3. The lowest BCUT2D eigenvalue weighted by molar-refractivity contribution is -0.109. The van der Waals surface area contributed by atoms with E-state index in [-0.39, 0.29) is 0 Å². The van der Waals surface area contributed by atoms with Crippen LogP contribution in [-0.2, 0) is 24.1 Å². The highest BCUT2D eigenvalue weighted by molar-refractivity contribution is 5.82. The number of fused-ring (bicyclic) bond motifs is 1. The molecule has 3 aromatic carbocycles. The van der Waals surface area contributed by atoms with Crippen molar-refractivity contribution in [1.82, 2.24) is 5.32 Å². The minimum atomic E-state index is 0.716. The first kappa shape index (κ1) is 23.1. The summed E-state index contributed by atoms with van der Waals surface area (Å²) in [6, 6.07) is 29.1. The van der Waals surface area contributed by atoms with Crippen molar-refractivity contribution in [3.8, 4) is 0 Å². The van der Waals surface area contributed by atoms with Crippen LogP contribution < -0.4 is 5.32 Å². The third kappa shape index (κ3) is 9.33. The zero-order valence-electron chi connectivity index (χ0n) is 17.8. The van der Waals surface area contributed by atoms with Gasteiger partial charge in [0.05, 0.1) is 0 Å². The predicted octanol–water partition coefficient (Wildman–Crippen LogP) is 5.28. The molecular formula is C27H32N2O. The van der Waals surface area contributed by atoms with Gasteiger partial charge in [-0.05, 0) is 41.5 Å². The van der Waals surface area contributed by atoms with Gasteiger partial charge in [-0.2, -0.15) is 0 Å². The molecule has 0 unspecified atom stereocenters. The van der Waals surface area contributed by atoms with E-state index in [1.807, 2.05) is 36.5 Å². The van der Waals surface area contributed by atoms with E-state index >= 15 is 0 Å². The lowest BCUT2D eigenvalue weighted by atomic mass is 10.0. The third-order valence-electron chi connectivity index (χ3n) is 4.66. The second kappa shape index (κ2) is 14.7. The topological polar surface area (TPSA) is 41.5 Å². The average Bonchev–Trinajstić information content (AvgIpc) is 2.82. The van der Waals surface area contributed by atoms with Crippen molar-refractivity contribution in [2.75, 3.05) is 13.1 Å². The summed E-state index contributed by atoms with van der Waals surface area (Å²) in [5.41, 5.74) is 5.41. The quantitative estimate of drug-likeness (QED) is 0.444. The average molecular weight is 401 g/mol. The molecule has 0 spiro atoms. The molecule has 30 heavy (non-hydrogen) atoms. The molecule has 0 fully saturated rings. The van der Waals surface area contributed by atoms with Crippen LogP contribution in [0.2, 0.25) is 0 Å². The van der Waals surface area contributed by atoms with E-state index < -0.39 is 0 Å². The lowest BCUT2D eigenvalue weighted by Gasteiger charge is -2.07. The minimum absolute atomic E-state index is 0.716. The zero-order chi connectivity index (χ0) is 21.3. The first-order chi connectivity index (χ1) is 14.8. The molecule has 1 aliphatic rings. The molecule has 3 nitrogen and oxygen atoms in total. The number of amides is 1. The Morgan fingerprint density at radius 1 is 0.833 bits per heavy atom. The van der Waals surface area contributed by atoms with Crippen LogP contribution in [0.3, 0.4) is 0 Å². The van der Waals surface area contributed by atoms with Gasteiger partial charge in [-0.15, -0.1) is 0 Å². The number of rotatable bonds is 6. The first-order valence-electron chi connectivity index (χ1n) is 10.7. The van der Waals surface area contributed by atoms with Crippen LogP contribution in [0.25, 0.3) is 0 Å². The molecule has 0 bridgehead atoms. The molecule has 4 rings (SSSR count). The summed E-state index contributed by atoms with van der Waals surface area (Å²) in [5, 5.41) is 2.62. The molecule has 1 amide bonds. The van der Waals surface area contributed by atoms with E-state index in [2.05, 4.69) is 71.8 Å². The number of aliphatic imine (C=N–C) groups is 1. The van der Waals surface area contributed by atoms with Gasteiger partial charge in [-0.3, -0.25) is 9.79 Å². The Labute approximate surface area is 180 Å². The minimum Gasteiger partial charge on any atom is -0.358 e. The smallest absolute Gasteiger partial charge is 0.207 e. The van der Waals surface area contributed by atoms with Crippen molar-refractivity contribution in [2.24, 2.45) is 4.99 Å². The maximum atomic E-state index is 9.88. The molecule has 3 heteroatoms. The second-order valence-corrected chi connectivity index (χ2v) is 7.03. The van der Waals surface area contributed by atoms with E-state index in [4.69, 9.17) is 0 Å². The van der Waals surface area contributed by atoms with Crippen molar-refractivity contribution in [3.05, 3.63) is 107 Å². The van der Waals surface area contributed by atoms with Crippen LogP contribution in [0.1, 0.15) is 35.6 Å². The fourth-order valence-electron chi connectivity index (χ4n) is 3.09. The number of hydrogen-bond acceptors (Lipinski definition) is 2. The number of nitrogens with one attached hydrogen (secondary N) is 1. The molecule has 0 radical (unpaired) electrons. The van der Waals surface area contributed by atoms with E-state index in [0.717, 1.165) is 25.8 Å². The van der Waals surface area contributed by atoms with Crippen LogP contribution in [0, 0.1) is 0 Å². The van der Waals surface area contributed by atoms with Gasteiger partial charge in [-0.1, -0.05) is 98.3 Å². The highest BCUT2D eigenvalue weighted by atomic mass is 16.1. The molecule has 1 aliphatic heterocycles. The van der Waals surface area contributed by atoms with Gasteiger partial charge >= 0.3 is 0 Å². The lowest BCUT2D eigenvalue weighted by Crippen LogP contribution is -2.14. The first-order valence-corrected chi connectivity index (χ1v) is 10.7. The second-order valence-electron chi connectivity index (χ2n) is 7.03. The SMILES string of the molecule is C1=NCCc2ccccc21.CCCc1ccccc1.O=CNCCc1ccccc1. The maximum absolute atomic E-state index is 9.88. The van der Waals surface area contributed by atoms with E-state index in [1.165, 1.54) is 35.1 Å². The Morgan fingerprint density at radius 3 is 2.03 bits per heavy atom. The van der Waals surface area contributed by atoms with Crippen LogP contribution in [0.15, 0.2) is 89.9 Å². The number of hydrogen-bond donors (Lipinski definition) is 1. The molecule has 156 valence electrons. The Balaban J connectivity index is 0.000000161. The van der Waals surface area contributed by atoms with Crippen molar-refractivity contribution >= 4 is 12.6 Å². The van der Waals surface area contributed by atoms with Gasteiger partial charge in [0.1, 0.15) is 0 Å². The van der Waals surface area contributed by atoms with Crippen molar-refractivity contribution in [1.29, 1.82) is 0 Å². The number of benzene rings is 3. The third-order valence-corrected chi connectivity index (χ3v) is 4.66. The predicted molar refractivity (Wildman–Crippen MR) is 127 cm³/mol. The van der Waals surface area contributed by atoms with Crippen LogP contribution in [0.5, 0.6) is 0 Å². The van der Waals surface area contributed by atoms with Crippen molar-refractivity contribution < 1.29 is 4.79 Å². The van der Waals surface area contributed by atoms with Gasteiger partial charge in [0.15, 0.2) is 0 Å². The molecule has 1 heterocycles. The van der Waals surface area contributed by atoms with Gasteiger partial charge in [0.2, 0.25) is 6.41 Å². The molecule has 0 saturated heterocycles.